The second-order valence-electron chi connectivity index (χ2n) is 5.67. The minimum Gasteiger partial charge on any atom is -0.481 e. The van der Waals surface area contributed by atoms with Crippen molar-refractivity contribution < 1.29 is 9.90 Å². The molecule has 7 heteroatoms. The molecular weight excluding hydrogens is 288 g/mol. The number of fused-ring (bicyclic) bond motifs is 1. The topological polar surface area (TPSA) is 80.9 Å². The Bertz CT molecular complexity index is 636. The lowest BCUT2D eigenvalue weighted by Gasteiger charge is -2.22. The number of nitrogens with zero attached hydrogens (tertiary/aromatic N) is 4. The maximum absolute atomic E-state index is 10.8. The molecule has 0 saturated carbocycles. The van der Waals surface area contributed by atoms with Crippen molar-refractivity contribution in [3.8, 4) is 0 Å². The largest absolute Gasteiger partial charge is 0.481 e. The van der Waals surface area contributed by atoms with E-state index in [0.29, 0.717) is 6.54 Å². The highest BCUT2D eigenvalue weighted by atomic mass is 32.1. The van der Waals surface area contributed by atoms with Crippen molar-refractivity contribution in [2.24, 2.45) is 5.92 Å². The van der Waals surface area contributed by atoms with Gasteiger partial charge in [0.1, 0.15) is 0 Å². The molecule has 0 saturated heterocycles. The van der Waals surface area contributed by atoms with Crippen LogP contribution in [0.1, 0.15) is 48.4 Å². The normalized spacial score (nSPS) is 19.2. The monoisotopic (exact) mass is 306 g/mol. The summed E-state index contributed by atoms with van der Waals surface area (Å²) < 4.78 is 1.78. The van der Waals surface area contributed by atoms with Crippen LogP contribution >= 0.6 is 11.3 Å². The van der Waals surface area contributed by atoms with Crippen molar-refractivity contribution in [3.63, 3.8) is 0 Å². The molecule has 0 amide bonds. The lowest BCUT2D eigenvalue weighted by Crippen LogP contribution is -2.19. The lowest BCUT2D eigenvalue weighted by atomic mass is 9.87. The molecule has 0 spiro atoms. The molecule has 0 bridgehead atoms. The molecule has 6 nitrogen and oxygen atoms in total. The van der Waals surface area contributed by atoms with E-state index in [1.807, 2.05) is 6.92 Å². The average Bonchev–Trinajstić information content (AvgIpc) is 3.05. The SMILES string of the molecule is CC(CC(=O)O)Cn1nnnc1C1CCCc2sccc21. The van der Waals surface area contributed by atoms with Crippen molar-refractivity contribution in [1.29, 1.82) is 0 Å². The van der Waals surface area contributed by atoms with Gasteiger partial charge in [-0.1, -0.05) is 6.92 Å². The number of aryl methyl sites for hydroxylation is 1. The molecule has 3 rings (SSSR count). The van der Waals surface area contributed by atoms with Gasteiger partial charge in [-0.05, 0) is 52.6 Å². The Balaban J connectivity index is 1.82. The first-order valence-corrected chi connectivity index (χ1v) is 8.07. The number of aliphatic carboxylic acids is 1. The van der Waals surface area contributed by atoms with Crippen LogP contribution in [0, 0.1) is 5.92 Å². The van der Waals surface area contributed by atoms with Gasteiger partial charge in [-0.15, -0.1) is 16.4 Å². The Morgan fingerprint density at radius 2 is 2.48 bits per heavy atom. The molecule has 21 heavy (non-hydrogen) atoms. The predicted molar refractivity (Wildman–Crippen MR) is 78.3 cm³/mol. The summed E-state index contributed by atoms with van der Waals surface area (Å²) in [4.78, 5) is 12.2. The van der Waals surface area contributed by atoms with Crippen molar-refractivity contribution in [3.05, 3.63) is 27.7 Å². The summed E-state index contributed by atoms with van der Waals surface area (Å²) in [6.45, 7) is 2.46. The molecule has 2 aromatic heterocycles. The summed E-state index contributed by atoms with van der Waals surface area (Å²) in [5.74, 6) is 0.337. The molecule has 0 fully saturated rings. The standard InChI is InChI=1S/C14H18N4O2S/c1-9(7-13(19)20)8-18-14(15-16-17-18)11-3-2-4-12-10(11)5-6-21-12/h5-6,9,11H,2-4,7-8H2,1H3,(H,19,20). The van der Waals surface area contributed by atoms with E-state index in [9.17, 15) is 4.79 Å². The summed E-state index contributed by atoms with van der Waals surface area (Å²) in [5, 5.41) is 23.1. The van der Waals surface area contributed by atoms with E-state index in [0.717, 1.165) is 25.1 Å². The maximum Gasteiger partial charge on any atom is 0.303 e. The number of hydrogen-bond donors (Lipinski definition) is 1. The maximum atomic E-state index is 10.8. The van der Waals surface area contributed by atoms with Crippen LogP contribution in [0.4, 0.5) is 0 Å². The zero-order chi connectivity index (χ0) is 14.8. The quantitative estimate of drug-likeness (QED) is 0.916. The van der Waals surface area contributed by atoms with Gasteiger partial charge in [0.25, 0.3) is 0 Å². The number of hydrogen-bond acceptors (Lipinski definition) is 5. The number of carboxylic acids is 1. The van der Waals surface area contributed by atoms with Crippen LogP contribution in [0.5, 0.6) is 0 Å². The van der Waals surface area contributed by atoms with Crippen molar-refractivity contribution in [2.75, 3.05) is 0 Å². The van der Waals surface area contributed by atoms with E-state index in [1.54, 1.807) is 16.0 Å². The summed E-state index contributed by atoms with van der Waals surface area (Å²) in [6.07, 6.45) is 3.47. The minimum atomic E-state index is -0.782. The van der Waals surface area contributed by atoms with Gasteiger partial charge in [0.05, 0.1) is 0 Å². The van der Waals surface area contributed by atoms with Crippen LogP contribution < -0.4 is 0 Å². The van der Waals surface area contributed by atoms with Gasteiger partial charge in [-0.25, -0.2) is 4.68 Å². The summed E-state index contributed by atoms with van der Waals surface area (Å²) in [5.41, 5.74) is 1.34. The Morgan fingerprint density at radius 3 is 3.29 bits per heavy atom. The number of tetrazole rings is 1. The van der Waals surface area contributed by atoms with Gasteiger partial charge in [-0.3, -0.25) is 4.79 Å². The van der Waals surface area contributed by atoms with Gasteiger partial charge in [0, 0.05) is 23.8 Å². The average molecular weight is 306 g/mol. The Labute approximate surface area is 126 Å². The summed E-state index contributed by atoms with van der Waals surface area (Å²) >= 11 is 1.80. The molecule has 2 unspecified atom stereocenters. The second kappa shape index (κ2) is 5.93. The molecule has 0 radical (unpaired) electrons. The van der Waals surface area contributed by atoms with E-state index < -0.39 is 5.97 Å². The summed E-state index contributed by atoms with van der Waals surface area (Å²) in [7, 11) is 0. The molecule has 1 aliphatic rings. The molecule has 0 aromatic carbocycles. The highest BCUT2D eigenvalue weighted by Gasteiger charge is 2.27. The van der Waals surface area contributed by atoms with Crippen LogP contribution in [-0.2, 0) is 17.8 Å². The summed E-state index contributed by atoms with van der Waals surface area (Å²) in [6, 6.07) is 2.17. The van der Waals surface area contributed by atoms with E-state index in [2.05, 4.69) is 27.0 Å². The molecule has 0 aliphatic heterocycles. The molecule has 2 atom stereocenters. The Kier molecular flexibility index (Phi) is 4.01. The molecular formula is C14H18N4O2S. The van der Waals surface area contributed by atoms with Crippen molar-refractivity contribution >= 4 is 17.3 Å². The lowest BCUT2D eigenvalue weighted by molar-refractivity contribution is -0.138. The molecule has 2 aromatic rings. The third kappa shape index (κ3) is 2.97. The number of thiophene rings is 1. The van der Waals surface area contributed by atoms with Gasteiger partial charge in [0.2, 0.25) is 0 Å². The number of carbonyl (C=O) groups is 1. The third-order valence-electron chi connectivity index (χ3n) is 3.93. The fraction of sp³-hybridized carbons (Fsp3) is 0.571. The van der Waals surface area contributed by atoms with Crippen LogP contribution in [0.25, 0.3) is 0 Å². The zero-order valence-electron chi connectivity index (χ0n) is 11.9. The predicted octanol–water partition coefficient (Wildman–Crippen LogP) is 2.31. The van der Waals surface area contributed by atoms with Crippen LogP contribution in [-0.4, -0.2) is 31.3 Å². The van der Waals surface area contributed by atoms with E-state index >= 15 is 0 Å². The van der Waals surface area contributed by atoms with Gasteiger partial charge in [0.15, 0.2) is 5.82 Å². The van der Waals surface area contributed by atoms with Gasteiger partial charge in [-0.2, -0.15) is 0 Å². The van der Waals surface area contributed by atoms with Gasteiger partial charge < -0.3 is 5.11 Å². The molecule has 1 N–H and O–H groups in total. The third-order valence-corrected chi connectivity index (χ3v) is 4.93. The fourth-order valence-corrected chi connectivity index (χ4v) is 3.99. The first-order chi connectivity index (χ1) is 10.1. The number of aromatic nitrogens is 4. The number of rotatable bonds is 5. The highest BCUT2D eigenvalue weighted by molar-refractivity contribution is 7.10. The smallest absolute Gasteiger partial charge is 0.303 e. The highest BCUT2D eigenvalue weighted by Crippen LogP contribution is 2.38. The number of carboxylic acid groups (broad SMARTS) is 1. The van der Waals surface area contributed by atoms with Crippen LogP contribution in [0.3, 0.4) is 0 Å². The minimum absolute atomic E-state index is 0.00952. The molecule has 112 valence electrons. The van der Waals surface area contributed by atoms with E-state index in [-0.39, 0.29) is 18.3 Å². The van der Waals surface area contributed by atoms with Crippen molar-refractivity contribution in [1.82, 2.24) is 20.2 Å². The second-order valence-corrected chi connectivity index (χ2v) is 6.67. The van der Waals surface area contributed by atoms with Crippen molar-refractivity contribution in [2.45, 2.75) is 45.1 Å². The Hall–Kier alpha value is -1.76. The Morgan fingerprint density at radius 1 is 1.62 bits per heavy atom. The molecule has 2 heterocycles. The van der Waals surface area contributed by atoms with Crippen LogP contribution in [0.2, 0.25) is 0 Å². The first kappa shape index (κ1) is 14.2. The van der Waals surface area contributed by atoms with E-state index in [1.165, 1.54) is 10.4 Å². The van der Waals surface area contributed by atoms with Crippen LogP contribution in [0.15, 0.2) is 11.4 Å². The zero-order valence-corrected chi connectivity index (χ0v) is 12.7. The van der Waals surface area contributed by atoms with Gasteiger partial charge >= 0.3 is 5.97 Å². The molecule has 1 aliphatic carbocycles. The fourth-order valence-electron chi connectivity index (χ4n) is 3.00. The van der Waals surface area contributed by atoms with E-state index in [4.69, 9.17) is 5.11 Å². The first-order valence-electron chi connectivity index (χ1n) is 7.19.